The van der Waals surface area contributed by atoms with Gasteiger partial charge in [0.05, 0.1) is 6.07 Å². The van der Waals surface area contributed by atoms with Crippen LogP contribution in [0.25, 0.3) is 0 Å². The third kappa shape index (κ3) is 1.24. The fraction of sp³-hybridized carbons (Fsp3) is 0.833. The quantitative estimate of drug-likeness (QED) is 0.547. The van der Waals surface area contributed by atoms with E-state index in [1.165, 1.54) is 0 Å². The van der Waals surface area contributed by atoms with Crippen molar-refractivity contribution in [3.8, 4) is 6.07 Å². The van der Waals surface area contributed by atoms with Crippen LogP contribution in [0, 0.1) is 17.2 Å². The van der Waals surface area contributed by atoms with Crippen molar-refractivity contribution < 1.29 is 8.78 Å². The summed E-state index contributed by atoms with van der Waals surface area (Å²) in [6.45, 7) is 0.425. The second kappa shape index (κ2) is 2.51. The highest BCUT2D eigenvalue weighted by Crippen LogP contribution is 2.29. The number of piperidine rings is 1. The fourth-order valence-corrected chi connectivity index (χ4v) is 0.965. The molecule has 0 saturated carbocycles. The molecule has 0 spiro atoms. The molecule has 4 heteroatoms. The van der Waals surface area contributed by atoms with Crippen molar-refractivity contribution in [1.82, 2.24) is 5.32 Å². The van der Waals surface area contributed by atoms with Crippen LogP contribution < -0.4 is 5.32 Å². The molecule has 1 saturated heterocycles. The van der Waals surface area contributed by atoms with Crippen LogP contribution in [0.2, 0.25) is 0 Å². The second-order valence-electron chi connectivity index (χ2n) is 2.40. The number of rotatable bonds is 0. The lowest BCUT2D eigenvalue weighted by atomic mass is 9.97. The van der Waals surface area contributed by atoms with Gasteiger partial charge in [0.25, 0.3) is 5.92 Å². The lowest BCUT2D eigenvalue weighted by molar-refractivity contribution is -0.0574. The minimum Gasteiger partial charge on any atom is -0.315 e. The average molecular weight is 146 g/mol. The van der Waals surface area contributed by atoms with Gasteiger partial charge in [-0.25, -0.2) is 8.78 Å². The van der Waals surface area contributed by atoms with Gasteiger partial charge in [-0.05, 0) is 0 Å². The van der Waals surface area contributed by atoms with E-state index in [9.17, 15) is 8.78 Å². The van der Waals surface area contributed by atoms with Crippen molar-refractivity contribution in [3.05, 3.63) is 0 Å². The molecule has 0 unspecified atom stereocenters. The van der Waals surface area contributed by atoms with Crippen molar-refractivity contribution in [2.45, 2.75) is 12.3 Å². The summed E-state index contributed by atoms with van der Waals surface area (Å²) >= 11 is 0. The zero-order valence-corrected chi connectivity index (χ0v) is 5.40. The molecular weight excluding hydrogens is 138 g/mol. The number of halogens is 2. The Morgan fingerprint density at radius 2 is 2.30 bits per heavy atom. The van der Waals surface area contributed by atoms with Crippen LogP contribution in [0.5, 0.6) is 0 Å². The Labute approximate surface area is 57.8 Å². The van der Waals surface area contributed by atoms with Gasteiger partial charge >= 0.3 is 0 Å². The van der Waals surface area contributed by atoms with Crippen LogP contribution in [-0.4, -0.2) is 19.0 Å². The van der Waals surface area contributed by atoms with E-state index < -0.39 is 11.8 Å². The number of hydrogen-bond acceptors (Lipinski definition) is 2. The van der Waals surface area contributed by atoms with Crippen LogP contribution >= 0.6 is 0 Å². The second-order valence-corrected chi connectivity index (χ2v) is 2.40. The summed E-state index contributed by atoms with van der Waals surface area (Å²) in [5, 5.41) is 11.0. The summed E-state index contributed by atoms with van der Waals surface area (Å²) in [7, 11) is 0. The smallest absolute Gasteiger partial charge is 0.266 e. The Bertz CT molecular complexity index is 162. The zero-order chi connectivity index (χ0) is 7.61. The number of alkyl halides is 2. The largest absolute Gasteiger partial charge is 0.315 e. The predicted octanol–water partition coefficient (Wildman–Crippen LogP) is 0.755. The molecule has 0 aromatic rings. The third-order valence-electron chi connectivity index (χ3n) is 1.65. The summed E-state index contributed by atoms with van der Waals surface area (Å²) in [5.41, 5.74) is 0. The third-order valence-corrected chi connectivity index (χ3v) is 1.65. The van der Waals surface area contributed by atoms with Crippen LogP contribution in [0.15, 0.2) is 0 Å². The normalized spacial score (nSPS) is 31.1. The minimum atomic E-state index is -2.78. The van der Waals surface area contributed by atoms with Crippen molar-refractivity contribution >= 4 is 0 Å². The molecule has 0 aromatic heterocycles. The van der Waals surface area contributed by atoms with Gasteiger partial charge in [-0.15, -0.1) is 0 Å². The number of nitrogens with one attached hydrogen (secondary N) is 1. The maximum atomic E-state index is 12.6. The molecule has 1 heterocycles. The summed E-state index contributed by atoms with van der Waals surface area (Å²) in [6, 6.07) is 1.58. The molecule has 0 aliphatic carbocycles. The van der Waals surface area contributed by atoms with Gasteiger partial charge in [0.1, 0.15) is 5.92 Å². The van der Waals surface area contributed by atoms with E-state index in [0.717, 1.165) is 0 Å². The monoisotopic (exact) mass is 146 g/mol. The molecule has 1 aliphatic heterocycles. The van der Waals surface area contributed by atoms with Gasteiger partial charge < -0.3 is 5.32 Å². The van der Waals surface area contributed by atoms with E-state index in [4.69, 9.17) is 5.26 Å². The maximum Gasteiger partial charge on any atom is 0.266 e. The number of nitriles is 1. The topological polar surface area (TPSA) is 35.8 Å². The fourth-order valence-electron chi connectivity index (χ4n) is 0.965. The standard InChI is InChI=1S/C6H8F2N2/c7-6(8)1-2-10-4-5(6)3-9/h5,10H,1-2,4H2/t5-/m0/s1. The van der Waals surface area contributed by atoms with Crippen LogP contribution in [0.1, 0.15) is 6.42 Å². The van der Waals surface area contributed by atoms with E-state index >= 15 is 0 Å². The van der Waals surface area contributed by atoms with Crippen molar-refractivity contribution in [1.29, 1.82) is 5.26 Å². The first-order valence-electron chi connectivity index (χ1n) is 3.15. The Morgan fingerprint density at radius 1 is 1.60 bits per heavy atom. The lowest BCUT2D eigenvalue weighted by Gasteiger charge is -2.26. The lowest BCUT2D eigenvalue weighted by Crippen LogP contribution is -2.43. The number of hydrogen-bond donors (Lipinski definition) is 1. The highest BCUT2D eigenvalue weighted by atomic mass is 19.3. The van der Waals surface area contributed by atoms with Gasteiger partial charge in [0.15, 0.2) is 0 Å². The van der Waals surface area contributed by atoms with E-state index in [-0.39, 0.29) is 13.0 Å². The van der Waals surface area contributed by atoms with Crippen LogP contribution in [0.4, 0.5) is 8.78 Å². The number of nitrogens with zero attached hydrogens (tertiary/aromatic N) is 1. The van der Waals surface area contributed by atoms with Crippen LogP contribution in [0.3, 0.4) is 0 Å². The predicted molar refractivity (Wildman–Crippen MR) is 31.5 cm³/mol. The summed E-state index contributed by atoms with van der Waals surface area (Å²) in [6.07, 6.45) is -0.217. The van der Waals surface area contributed by atoms with Gasteiger partial charge in [-0.3, -0.25) is 0 Å². The first kappa shape index (κ1) is 7.42. The molecule has 2 nitrogen and oxygen atoms in total. The Kier molecular flexibility index (Phi) is 1.86. The molecule has 1 atom stereocenters. The maximum absolute atomic E-state index is 12.6. The Morgan fingerprint density at radius 3 is 2.70 bits per heavy atom. The van der Waals surface area contributed by atoms with E-state index in [1.807, 2.05) is 0 Å². The van der Waals surface area contributed by atoms with Gasteiger partial charge in [-0.1, -0.05) is 0 Å². The summed E-state index contributed by atoms with van der Waals surface area (Å²) < 4.78 is 25.2. The average Bonchev–Trinajstić information content (AvgIpc) is 1.87. The zero-order valence-electron chi connectivity index (χ0n) is 5.40. The molecular formula is C6H8F2N2. The van der Waals surface area contributed by atoms with Crippen molar-refractivity contribution in [3.63, 3.8) is 0 Å². The highest BCUT2D eigenvalue weighted by molar-refractivity contribution is 4.97. The van der Waals surface area contributed by atoms with Gasteiger partial charge in [0, 0.05) is 19.5 Å². The molecule has 0 aromatic carbocycles. The van der Waals surface area contributed by atoms with Crippen molar-refractivity contribution in [2.24, 2.45) is 5.92 Å². The minimum absolute atomic E-state index is 0.115. The van der Waals surface area contributed by atoms with E-state index in [0.29, 0.717) is 6.54 Å². The van der Waals surface area contributed by atoms with E-state index in [1.54, 1.807) is 6.07 Å². The molecule has 1 fully saturated rings. The summed E-state index contributed by atoms with van der Waals surface area (Å²) in [4.78, 5) is 0. The van der Waals surface area contributed by atoms with E-state index in [2.05, 4.69) is 5.32 Å². The van der Waals surface area contributed by atoms with Crippen molar-refractivity contribution in [2.75, 3.05) is 13.1 Å². The molecule has 10 heavy (non-hydrogen) atoms. The first-order chi connectivity index (χ1) is 4.67. The first-order valence-corrected chi connectivity index (χ1v) is 3.15. The Hall–Kier alpha value is -0.690. The molecule has 0 bridgehead atoms. The molecule has 56 valence electrons. The summed E-state index contributed by atoms with van der Waals surface area (Å²) in [5.74, 6) is -3.92. The SMILES string of the molecule is N#C[C@H]1CNCCC1(F)F. The molecule has 0 radical (unpaired) electrons. The Balaban J connectivity index is 2.62. The van der Waals surface area contributed by atoms with Gasteiger partial charge in [-0.2, -0.15) is 5.26 Å². The molecule has 1 aliphatic rings. The molecule has 0 amide bonds. The van der Waals surface area contributed by atoms with Gasteiger partial charge in [0.2, 0.25) is 0 Å². The molecule has 1 rings (SSSR count). The van der Waals surface area contributed by atoms with Crippen LogP contribution in [-0.2, 0) is 0 Å². The molecule has 1 N–H and O–H groups in total. The highest BCUT2D eigenvalue weighted by Gasteiger charge is 2.41.